The van der Waals surface area contributed by atoms with Crippen molar-refractivity contribution in [2.24, 2.45) is 0 Å². The predicted molar refractivity (Wildman–Crippen MR) is 179 cm³/mol. The lowest BCUT2D eigenvalue weighted by molar-refractivity contribution is -0.140. The summed E-state index contributed by atoms with van der Waals surface area (Å²) < 4.78 is 29.9. The van der Waals surface area contributed by atoms with Gasteiger partial charge in [-0.05, 0) is 53.9 Å². The van der Waals surface area contributed by atoms with E-state index in [4.69, 9.17) is 23.2 Å². The Bertz CT molecular complexity index is 1670. The molecule has 4 aromatic rings. The molecule has 0 spiro atoms. The fraction of sp³-hybridized carbons (Fsp3) is 0.212. The molecule has 0 saturated heterocycles. The van der Waals surface area contributed by atoms with Gasteiger partial charge in [-0.1, -0.05) is 113 Å². The number of benzene rings is 4. The molecule has 0 fully saturated rings. The Balaban J connectivity index is 1.81. The summed E-state index contributed by atoms with van der Waals surface area (Å²) in [5.74, 6) is -0.921. The van der Waals surface area contributed by atoms with Gasteiger partial charge in [0.2, 0.25) is 11.8 Å². The number of sulfonamides is 1. The van der Waals surface area contributed by atoms with Crippen LogP contribution in [-0.2, 0) is 32.6 Å². The average molecular weight is 718 g/mol. The maximum Gasteiger partial charge on any atom is 0.264 e. The Morgan fingerprint density at radius 2 is 1.48 bits per heavy atom. The molecule has 4 rings (SSSR count). The maximum atomic E-state index is 14.4. The van der Waals surface area contributed by atoms with Gasteiger partial charge in [-0.25, -0.2) is 8.42 Å². The number of amides is 2. The molecule has 7 nitrogen and oxygen atoms in total. The van der Waals surface area contributed by atoms with Crippen LogP contribution in [0.2, 0.25) is 10.0 Å². The van der Waals surface area contributed by atoms with E-state index in [0.717, 1.165) is 19.9 Å². The summed E-state index contributed by atoms with van der Waals surface area (Å²) in [7, 11) is -4.28. The smallest absolute Gasteiger partial charge is 0.264 e. The molecular formula is C33H32BrCl2N3O4S. The first-order valence-corrected chi connectivity index (χ1v) is 17.0. The van der Waals surface area contributed by atoms with Gasteiger partial charge in [0.25, 0.3) is 10.0 Å². The van der Waals surface area contributed by atoms with Crippen LogP contribution >= 0.6 is 39.1 Å². The third-order valence-electron chi connectivity index (χ3n) is 6.90. The highest BCUT2D eigenvalue weighted by atomic mass is 79.9. The number of nitrogens with one attached hydrogen (secondary N) is 1. The highest BCUT2D eigenvalue weighted by molar-refractivity contribution is 9.10. The van der Waals surface area contributed by atoms with Crippen LogP contribution in [-0.4, -0.2) is 44.3 Å². The van der Waals surface area contributed by atoms with E-state index >= 15 is 0 Å². The van der Waals surface area contributed by atoms with Crippen molar-refractivity contribution in [2.45, 2.75) is 37.2 Å². The van der Waals surface area contributed by atoms with Crippen molar-refractivity contribution in [3.05, 3.63) is 129 Å². The molecule has 1 unspecified atom stereocenters. The molecule has 44 heavy (non-hydrogen) atoms. The molecule has 0 radical (unpaired) electrons. The third-order valence-corrected chi connectivity index (χ3v) is 10.0. The van der Waals surface area contributed by atoms with Crippen molar-refractivity contribution < 1.29 is 18.0 Å². The van der Waals surface area contributed by atoms with Crippen molar-refractivity contribution in [1.29, 1.82) is 0 Å². The molecule has 0 bridgehead atoms. The van der Waals surface area contributed by atoms with Gasteiger partial charge in [0, 0.05) is 24.0 Å². The zero-order valence-electron chi connectivity index (χ0n) is 24.0. The van der Waals surface area contributed by atoms with Crippen LogP contribution in [0.3, 0.4) is 0 Å². The first-order chi connectivity index (χ1) is 21.1. The Kier molecular flexibility index (Phi) is 11.9. The summed E-state index contributed by atoms with van der Waals surface area (Å²) in [5.41, 5.74) is 1.67. The number of rotatable bonds is 13. The van der Waals surface area contributed by atoms with Crippen LogP contribution in [0.15, 0.2) is 112 Å². The Morgan fingerprint density at radius 1 is 0.841 bits per heavy atom. The number of carbonyl (C=O) groups excluding carboxylic acids is 2. The van der Waals surface area contributed by atoms with Gasteiger partial charge in [0.1, 0.15) is 12.6 Å². The van der Waals surface area contributed by atoms with E-state index in [0.29, 0.717) is 13.0 Å². The number of nitrogens with zero attached hydrogens (tertiary/aromatic N) is 2. The van der Waals surface area contributed by atoms with E-state index in [9.17, 15) is 18.0 Å². The van der Waals surface area contributed by atoms with Gasteiger partial charge < -0.3 is 10.2 Å². The minimum atomic E-state index is -4.28. The SMILES string of the molecule is CCCNC(=O)C(Cc1ccccc1)N(Cc1ccc(Br)cc1)C(=O)CN(c1cccc(Cl)c1Cl)S(=O)(=O)c1ccccc1. The van der Waals surface area contributed by atoms with Crippen molar-refractivity contribution in [2.75, 3.05) is 17.4 Å². The number of anilines is 1. The molecule has 230 valence electrons. The summed E-state index contributed by atoms with van der Waals surface area (Å²) in [6.07, 6.45) is 0.933. The van der Waals surface area contributed by atoms with E-state index in [1.54, 1.807) is 24.3 Å². The minimum absolute atomic E-state index is 0.0116. The lowest BCUT2D eigenvalue weighted by atomic mass is 10.0. The Labute approximate surface area is 277 Å². The molecule has 0 aromatic heterocycles. The van der Waals surface area contributed by atoms with Gasteiger partial charge in [0.15, 0.2) is 0 Å². The first-order valence-electron chi connectivity index (χ1n) is 14.0. The summed E-state index contributed by atoms with van der Waals surface area (Å²) in [5, 5.41) is 3.05. The summed E-state index contributed by atoms with van der Waals surface area (Å²) in [6.45, 7) is 1.81. The zero-order chi connectivity index (χ0) is 31.7. The Hall–Kier alpha value is -3.37. The van der Waals surface area contributed by atoms with Crippen LogP contribution in [0.1, 0.15) is 24.5 Å². The Morgan fingerprint density at radius 3 is 2.11 bits per heavy atom. The first kappa shape index (κ1) is 33.5. The monoisotopic (exact) mass is 715 g/mol. The minimum Gasteiger partial charge on any atom is -0.354 e. The molecule has 4 aromatic carbocycles. The van der Waals surface area contributed by atoms with E-state index in [1.807, 2.05) is 61.5 Å². The van der Waals surface area contributed by atoms with Crippen LogP contribution in [0.5, 0.6) is 0 Å². The second kappa shape index (κ2) is 15.6. The quantitative estimate of drug-likeness (QED) is 0.160. The summed E-state index contributed by atoms with van der Waals surface area (Å²) in [4.78, 5) is 29.5. The molecular weight excluding hydrogens is 685 g/mol. The highest BCUT2D eigenvalue weighted by Gasteiger charge is 2.35. The average Bonchev–Trinajstić information content (AvgIpc) is 3.03. The molecule has 2 amide bonds. The van der Waals surface area contributed by atoms with E-state index in [1.165, 1.54) is 29.2 Å². The van der Waals surface area contributed by atoms with Crippen molar-refractivity contribution >= 4 is 66.7 Å². The largest absolute Gasteiger partial charge is 0.354 e. The molecule has 0 aliphatic rings. The van der Waals surface area contributed by atoms with Crippen LogP contribution in [0, 0.1) is 0 Å². The number of halogens is 3. The van der Waals surface area contributed by atoms with Gasteiger partial charge in [0.05, 0.1) is 20.6 Å². The second-order valence-corrected chi connectivity index (χ2v) is 13.6. The van der Waals surface area contributed by atoms with Crippen LogP contribution in [0.25, 0.3) is 0 Å². The fourth-order valence-corrected chi connectivity index (χ4v) is 6.78. The summed E-state index contributed by atoms with van der Waals surface area (Å²) in [6, 6.07) is 28.2. The maximum absolute atomic E-state index is 14.4. The van der Waals surface area contributed by atoms with E-state index in [-0.39, 0.29) is 39.5 Å². The van der Waals surface area contributed by atoms with Crippen LogP contribution < -0.4 is 9.62 Å². The molecule has 11 heteroatoms. The van der Waals surface area contributed by atoms with Gasteiger partial charge >= 0.3 is 0 Å². The lowest BCUT2D eigenvalue weighted by Crippen LogP contribution is -2.53. The lowest BCUT2D eigenvalue weighted by Gasteiger charge is -2.34. The standard InChI is InChI=1S/C33H32BrCl2N3O4S/c1-2-20-37-33(41)30(21-24-10-5-3-6-11-24)38(22-25-16-18-26(34)19-17-25)31(40)23-39(29-15-9-14-28(35)32(29)36)44(42,43)27-12-7-4-8-13-27/h3-19,30H,2,20-23H2,1H3,(H,37,41). The zero-order valence-corrected chi connectivity index (χ0v) is 27.9. The second-order valence-electron chi connectivity index (χ2n) is 10.0. The van der Waals surface area contributed by atoms with Crippen molar-refractivity contribution in [3.8, 4) is 0 Å². The molecule has 0 aliphatic heterocycles. The number of carbonyl (C=O) groups is 2. The van der Waals surface area contributed by atoms with Gasteiger partial charge in [-0.3, -0.25) is 13.9 Å². The van der Waals surface area contributed by atoms with Crippen LogP contribution in [0.4, 0.5) is 5.69 Å². The van der Waals surface area contributed by atoms with Gasteiger partial charge in [-0.2, -0.15) is 0 Å². The van der Waals surface area contributed by atoms with E-state index < -0.39 is 28.5 Å². The molecule has 1 atom stereocenters. The number of hydrogen-bond acceptors (Lipinski definition) is 4. The molecule has 0 saturated carbocycles. The summed E-state index contributed by atoms with van der Waals surface area (Å²) >= 11 is 16.3. The van der Waals surface area contributed by atoms with Crippen molar-refractivity contribution in [1.82, 2.24) is 10.2 Å². The van der Waals surface area contributed by atoms with E-state index in [2.05, 4.69) is 21.2 Å². The normalized spacial score (nSPS) is 11.9. The number of hydrogen-bond donors (Lipinski definition) is 1. The fourth-order valence-electron chi connectivity index (χ4n) is 4.62. The van der Waals surface area contributed by atoms with Gasteiger partial charge in [-0.15, -0.1) is 0 Å². The highest BCUT2D eigenvalue weighted by Crippen LogP contribution is 2.35. The molecule has 0 heterocycles. The molecule has 1 N–H and O–H groups in total. The van der Waals surface area contributed by atoms with Crippen molar-refractivity contribution in [3.63, 3.8) is 0 Å². The third kappa shape index (κ3) is 8.41. The molecule has 0 aliphatic carbocycles. The topological polar surface area (TPSA) is 86.8 Å². The predicted octanol–water partition coefficient (Wildman–Crippen LogP) is 7.12.